The second kappa shape index (κ2) is 5.16. The molecule has 3 heteroatoms. The Hall–Kier alpha value is -2.26. The largest absolute Gasteiger partial charge is 0.324 e. The molecule has 0 radical (unpaired) electrons. The average Bonchev–Trinajstić information content (AvgIpc) is 2.48. The molecule has 3 aromatic rings. The third-order valence-corrected chi connectivity index (χ3v) is 3.21. The average molecular weight is 249 g/mol. The zero-order valence-corrected chi connectivity index (χ0v) is 10.5. The van der Waals surface area contributed by atoms with E-state index in [9.17, 15) is 0 Å². The van der Waals surface area contributed by atoms with Crippen LogP contribution in [-0.4, -0.2) is 9.97 Å². The molecule has 0 bridgehead atoms. The second-order valence-corrected chi connectivity index (χ2v) is 4.59. The van der Waals surface area contributed by atoms with Crippen LogP contribution in [0.4, 0.5) is 0 Å². The molecule has 3 rings (SSSR count). The second-order valence-electron chi connectivity index (χ2n) is 4.59. The van der Waals surface area contributed by atoms with Gasteiger partial charge in [0, 0.05) is 35.9 Å². The van der Waals surface area contributed by atoms with Crippen LogP contribution in [0.15, 0.2) is 60.9 Å². The van der Waals surface area contributed by atoms with Crippen LogP contribution in [0.25, 0.3) is 10.9 Å². The van der Waals surface area contributed by atoms with Gasteiger partial charge in [0.05, 0.1) is 5.52 Å². The third kappa shape index (κ3) is 2.61. The molecule has 19 heavy (non-hydrogen) atoms. The number of aromatic nitrogens is 2. The number of rotatable bonds is 3. The van der Waals surface area contributed by atoms with Gasteiger partial charge in [-0.2, -0.15) is 0 Å². The van der Waals surface area contributed by atoms with Crippen LogP contribution in [-0.2, 0) is 6.42 Å². The monoisotopic (exact) mass is 249 g/mol. The van der Waals surface area contributed by atoms with Gasteiger partial charge in [-0.25, -0.2) is 0 Å². The summed E-state index contributed by atoms with van der Waals surface area (Å²) in [6.45, 7) is 0. The molecule has 0 fully saturated rings. The van der Waals surface area contributed by atoms with E-state index in [2.05, 4.69) is 34.2 Å². The van der Waals surface area contributed by atoms with Crippen LogP contribution in [0.3, 0.4) is 0 Å². The van der Waals surface area contributed by atoms with Gasteiger partial charge < -0.3 is 5.73 Å². The Labute approximate surface area is 112 Å². The van der Waals surface area contributed by atoms with Crippen molar-refractivity contribution in [3.63, 3.8) is 0 Å². The molecule has 0 saturated carbocycles. The summed E-state index contributed by atoms with van der Waals surface area (Å²) < 4.78 is 0. The van der Waals surface area contributed by atoms with E-state index in [0.717, 1.165) is 28.6 Å². The SMILES string of the molecule is NC(Cc1ccccn1)c1ccc2cccnc2c1. The molecule has 0 amide bonds. The van der Waals surface area contributed by atoms with Crippen molar-refractivity contribution < 1.29 is 0 Å². The topological polar surface area (TPSA) is 51.8 Å². The first-order valence-corrected chi connectivity index (χ1v) is 6.33. The lowest BCUT2D eigenvalue weighted by atomic mass is 10.0. The minimum absolute atomic E-state index is 0.0543. The first kappa shape index (κ1) is 11.8. The normalized spacial score (nSPS) is 12.5. The van der Waals surface area contributed by atoms with Gasteiger partial charge in [0.1, 0.15) is 0 Å². The van der Waals surface area contributed by atoms with Gasteiger partial charge in [-0.05, 0) is 29.8 Å². The van der Waals surface area contributed by atoms with Crippen molar-refractivity contribution >= 4 is 10.9 Å². The van der Waals surface area contributed by atoms with E-state index in [1.807, 2.05) is 24.3 Å². The van der Waals surface area contributed by atoms with Crippen molar-refractivity contribution in [2.24, 2.45) is 5.73 Å². The number of hydrogen-bond acceptors (Lipinski definition) is 3. The van der Waals surface area contributed by atoms with E-state index < -0.39 is 0 Å². The highest BCUT2D eigenvalue weighted by Gasteiger charge is 2.08. The fourth-order valence-corrected chi connectivity index (χ4v) is 2.18. The Morgan fingerprint density at radius 2 is 1.84 bits per heavy atom. The highest BCUT2D eigenvalue weighted by molar-refractivity contribution is 5.78. The van der Waals surface area contributed by atoms with Gasteiger partial charge in [-0.1, -0.05) is 24.3 Å². The Morgan fingerprint density at radius 3 is 2.68 bits per heavy atom. The van der Waals surface area contributed by atoms with Gasteiger partial charge in [-0.15, -0.1) is 0 Å². The molecule has 1 atom stereocenters. The van der Waals surface area contributed by atoms with Gasteiger partial charge in [0.2, 0.25) is 0 Å². The molecule has 2 heterocycles. The molecule has 2 N–H and O–H groups in total. The number of nitrogens with zero attached hydrogens (tertiary/aromatic N) is 2. The lowest BCUT2D eigenvalue weighted by Gasteiger charge is -2.12. The summed E-state index contributed by atoms with van der Waals surface area (Å²) in [5, 5.41) is 1.14. The first-order chi connectivity index (χ1) is 9.33. The fourth-order valence-electron chi connectivity index (χ4n) is 2.18. The summed E-state index contributed by atoms with van der Waals surface area (Å²) in [6, 6.07) is 16.0. The molecule has 0 aliphatic heterocycles. The number of pyridine rings is 2. The van der Waals surface area contributed by atoms with Gasteiger partial charge in [0.15, 0.2) is 0 Å². The smallest absolute Gasteiger partial charge is 0.0705 e. The van der Waals surface area contributed by atoms with E-state index in [-0.39, 0.29) is 6.04 Å². The summed E-state index contributed by atoms with van der Waals surface area (Å²) in [6.07, 6.45) is 4.33. The molecule has 1 aromatic carbocycles. The number of fused-ring (bicyclic) bond motifs is 1. The van der Waals surface area contributed by atoms with Crippen molar-refractivity contribution in [1.82, 2.24) is 9.97 Å². The Bertz CT molecular complexity index is 680. The van der Waals surface area contributed by atoms with Crippen molar-refractivity contribution in [3.05, 3.63) is 72.2 Å². The molecule has 0 spiro atoms. The summed E-state index contributed by atoms with van der Waals surface area (Å²) in [5.74, 6) is 0. The maximum atomic E-state index is 6.25. The quantitative estimate of drug-likeness (QED) is 0.776. The van der Waals surface area contributed by atoms with Crippen LogP contribution in [0.5, 0.6) is 0 Å². The molecule has 94 valence electrons. The highest BCUT2D eigenvalue weighted by atomic mass is 14.7. The molecule has 0 aliphatic rings. The molecule has 2 aromatic heterocycles. The molecular weight excluding hydrogens is 234 g/mol. The van der Waals surface area contributed by atoms with Crippen molar-refractivity contribution in [1.29, 1.82) is 0 Å². The third-order valence-electron chi connectivity index (χ3n) is 3.21. The number of hydrogen-bond donors (Lipinski definition) is 1. The van der Waals surface area contributed by atoms with E-state index in [0.29, 0.717) is 0 Å². The van der Waals surface area contributed by atoms with Crippen LogP contribution < -0.4 is 5.73 Å². The van der Waals surface area contributed by atoms with Crippen LogP contribution in [0.2, 0.25) is 0 Å². The number of benzene rings is 1. The predicted octanol–water partition coefficient (Wildman–Crippen LogP) is 2.87. The van der Waals surface area contributed by atoms with E-state index >= 15 is 0 Å². The maximum Gasteiger partial charge on any atom is 0.0705 e. The number of nitrogens with two attached hydrogens (primary N) is 1. The predicted molar refractivity (Wildman–Crippen MR) is 76.6 cm³/mol. The van der Waals surface area contributed by atoms with Crippen molar-refractivity contribution in [3.8, 4) is 0 Å². The van der Waals surface area contributed by atoms with Crippen molar-refractivity contribution in [2.45, 2.75) is 12.5 Å². The van der Waals surface area contributed by atoms with E-state index in [1.165, 1.54) is 0 Å². The molecule has 0 aliphatic carbocycles. The van der Waals surface area contributed by atoms with Gasteiger partial charge >= 0.3 is 0 Å². The zero-order chi connectivity index (χ0) is 13.1. The van der Waals surface area contributed by atoms with E-state index in [4.69, 9.17) is 5.73 Å². The molecule has 3 nitrogen and oxygen atoms in total. The summed E-state index contributed by atoms with van der Waals surface area (Å²) in [7, 11) is 0. The Balaban J connectivity index is 1.87. The summed E-state index contributed by atoms with van der Waals surface area (Å²) >= 11 is 0. The minimum atomic E-state index is -0.0543. The van der Waals surface area contributed by atoms with Crippen LogP contribution in [0, 0.1) is 0 Å². The Morgan fingerprint density at radius 1 is 0.947 bits per heavy atom. The maximum absolute atomic E-state index is 6.25. The van der Waals surface area contributed by atoms with Gasteiger partial charge in [0.25, 0.3) is 0 Å². The summed E-state index contributed by atoms with van der Waals surface area (Å²) in [4.78, 5) is 8.67. The molecular formula is C16H15N3. The van der Waals surface area contributed by atoms with Crippen LogP contribution >= 0.6 is 0 Å². The lowest BCUT2D eigenvalue weighted by Crippen LogP contribution is -2.14. The molecule has 1 unspecified atom stereocenters. The first-order valence-electron chi connectivity index (χ1n) is 6.33. The molecule has 0 saturated heterocycles. The minimum Gasteiger partial charge on any atom is -0.324 e. The van der Waals surface area contributed by atoms with E-state index in [1.54, 1.807) is 12.4 Å². The van der Waals surface area contributed by atoms with Crippen LogP contribution in [0.1, 0.15) is 17.3 Å². The van der Waals surface area contributed by atoms with Gasteiger partial charge in [-0.3, -0.25) is 9.97 Å². The Kier molecular flexibility index (Phi) is 3.21. The van der Waals surface area contributed by atoms with Crippen molar-refractivity contribution in [2.75, 3.05) is 0 Å². The zero-order valence-electron chi connectivity index (χ0n) is 10.5. The highest BCUT2D eigenvalue weighted by Crippen LogP contribution is 2.19. The lowest BCUT2D eigenvalue weighted by molar-refractivity contribution is 0.707. The standard InChI is InChI=1S/C16H15N3/c17-15(11-14-5-1-2-8-18-14)13-7-6-12-4-3-9-19-16(12)10-13/h1-10,15H,11,17H2. The summed E-state index contributed by atoms with van der Waals surface area (Å²) in [5.41, 5.74) is 9.34. The fraction of sp³-hybridized carbons (Fsp3) is 0.125.